The highest BCUT2D eigenvalue weighted by Gasteiger charge is 2.51. The Morgan fingerprint density at radius 1 is 0.262 bits per heavy atom. The van der Waals surface area contributed by atoms with Gasteiger partial charge in [0, 0.05) is 33.8 Å². The molecule has 0 aliphatic heterocycles. The molecule has 0 amide bonds. The summed E-state index contributed by atoms with van der Waals surface area (Å²) in [6.07, 6.45) is 1.85. The summed E-state index contributed by atoms with van der Waals surface area (Å²) in [7, 11) is 0. The first kappa shape index (κ1) is 37.0. The lowest BCUT2D eigenvalue weighted by molar-refractivity contribution is 0.794. The van der Waals surface area contributed by atoms with E-state index in [0.29, 0.717) is 17.5 Å². The molecule has 302 valence electrons. The van der Waals surface area contributed by atoms with Gasteiger partial charge in [0.1, 0.15) is 0 Å². The van der Waals surface area contributed by atoms with E-state index in [1.807, 2.05) is 42.6 Å². The van der Waals surface area contributed by atoms with Gasteiger partial charge in [-0.1, -0.05) is 206 Å². The third-order valence-electron chi connectivity index (χ3n) is 13.4. The van der Waals surface area contributed by atoms with Crippen LogP contribution in [0.2, 0.25) is 0 Å². The molecule has 9 aromatic carbocycles. The first-order valence-corrected chi connectivity index (χ1v) is 22.1. The molecule has 4 nitrogen and oxygen atoms in total. The van der Waals surface area contributed by atoms with E-state index in [9.17, 15) is 0 Å². The quantitative estimate of drug-likeness (QED) is 0.168. The monoisotopic (exact) mass is 826 g/mol. The van der Waals surface area contributed by atoms with E-state index in [1.165, 1.54) is 55.6 Å². The van der Waals surface area contributed by atoms with E-state index in [2.05, 4.69) is 193 Å². The Kier molecular flexibility index (Phi) is 8.40. The first-order chi connectivity index (χ1) is 32.2. The van der Waals surface area contributed by atoms with E-state index >= 15 is 0 Å². The van der Waals surface area contributed by atoms with Crippen molar-refractivity contribution in [3.8, 4) is 89.8 Å². The molecule has 0 N–H and O–H groups in total. The Hall–Kier alpha value is -8.60. The summed E-state index contributed by atoms with van der Waals surface area (Å²) >= 11 is 0. The normalized spacial score (nSPS) is 12.7. The minimum atomic E-state index is -0.372. The van der Waals surface area contributed by atoms with Crippen molar-refractivity contribution in [2.24, 2.45) is 0 Å². The molecule has 0 atom stereocenters. The van der Waals surface area contributed by atoms with Crippen molar-refractivity contribution in [1.82, 2.24) is 19.9 Å². The van der Waals surface area contributed by atoms with Crippen LogP contribution in [0.5, 0.6) is 0 Å². The molecule has 0 unspecified atom stereocenters. The van der Waals surface area contributed by atoms with Crippen molar-refractivity contribution in [3.63, 3.8) is 0 Å². The van der Waals surface area contributed by atoms with Crippen molar-refractivity contribution >= 4 is 10.9 Å². The fourth-order valence-electron chi connectivity index (χ4n) is 10.5. The minimum Gasteiger partial charge on any atom is -0.256 e. The molecule has 0 radical (unpaired) electrons. The lowest BCUT2D eigenvalue weighted by Gasteiger charge is -2.30. The average molecular weight is 827 g/mol. The molecule has 11 aromatic rings. The fourth-order valence-corrected chi connectivity index (χ4v) is 10.5. The van der Waals surface area contributed by atoms with Gasteiger partial charge in [-0.25, -0.2) is 15.0 Å². The predicted molar refractivity (Wildman–Crippen MR) is 264 cm³/mol. The van der Waals surface area contributed by atoms with Gasteiger partial charge in [-0.15, -0.1) is 0 Å². The molecule has 2 aliphatic carbocycles. The van der Waals surface area contributed by atoms with Crippen molar-refractivity contribution in [3.05, 3.63) is 253 Å². The van der Waals surface area contributed by atoms with E-state index in [-0.39, 0.29) is 5.41 Å². The van der Waals surface area contributed by atoms with Gasteiger partial charge in [0.25, 0.3) is 0 Å². The van der Waals surface area contributed by atoms with Gasteiger partial charge in [-0.3, -0.25) is 4.98 Å². The molecule has 2 heterocycles. The number of rotatable bonds is 6. The van der Waals surface area contributed by atoms with E-state index in [0.717, 1.165) is 49.8 Å². The van der Waals surface area contributed by atoms with Crippen LogP contribution in [0.15, 0.2) is 231 Å². The third-order valence-corrected chi connectivity index (χ3v) is 13.4. The topological polar surface area (TPSA) is 51.6 Å². The molecule has 0 saturated carbocycles. The molecule has 13 rings (SSSR count). The zero-order chi connectivity index (χ0) is 42.9. The summed E-state index contributed by atoms with van der Waals surface area (Å²) in [6.45, 7) is 0. The van der Waals surface area contributed by atoms with Crippen LogP contribution in [-0.2, 0) is 5.41 Å². The maximum absolute atomic E-state index is 5.11. The molecule has 2 aromatic heterocycles. The number of aromatic nitrogens is 4. The van der Waals surface area contributed by atoms with Crippen LogP contribution in [0.4, 0.5) is 0 Å². The molecule has 65 heavy (non-hydrogen) atoms. The van der Waals surface area contributed by atoms with Crippen LogP contribution in [0, 0.1) is 0 Å². The van der Waals surface area contributed by atoms with Crippen LogP contribution in [0.1, 0.15) is 22.3 Å². The van der Waals surface area contributed by atoms with Crippen molar-refractivity contribution < 1.29 is 0 Å². The van der Waals surface area contributed by atoms with Gasteiger partial charge < -0.3 is 0 Å². The Bertz CT molecular complexity index is 3580. The van der Waals surface area contributed by atoms with Gasteiger partial charge in [0.05, 0.1) is 10.9 Å². The third kappa shape index (κ3) is 5.85. The predicted octanol–water partition coefficient (Wildman–Crippen LogP) is 14.8. The van der Waals surface area contributed by atoms with Crippen molar-refractivity contribution in [2.45, 2.75) is 5.41 Å². The second-order valence-electron chi connectivity index (χ2n) is 16.9. The summed E-state index contributed by atoms with van der Waals surface area (Å²) in [5, 5.41) is 1.11. The minimum absolute atomic E-state index is 0.372. The highest BCUT2D eigenvalue weighted by molar-refractivity contribution is 5.96. The van der Waals surface area contributed by atoms with Crippen LogP contribution >= 0.6 is 0 Å². The molecule has 0 fully saturated rings. The first-order valence-electron chi connectivity index (χ1n) is 22.1. The van der Waals surface area contributed by atoms with E-state index < -0.39 is 0 Å². The Morgan fingerprint density at radius 3 is 1.34 bits per heavy atom. The van der Waals surface area contributed by atoms with Crippen molar-refractivity contribution in [2.75, 3.05) is 0 Å². The van der Waals surface area contributed by atoms with E-state index in [1.54, 1.807) is 0 Å². The lowest BCUT2D eigenvalue weighted by atomic mass is 9.70. The zero-order valence-corrected chi connectivity index (χ0v) is 35.2. The number of fused-ring (bicyclic) bond motifs is 11. The molecular formula is C61H38N4. The summed E-state index contributed by atoms with van der Waals surface area (Å²) in [4.78, 5) is 19.9. The highest BCUT2D eigenvalue weighted by Crippen LogP contribution is 2.63. The number of para-hydroxylation sites is 1. The lowest BCUT2D eigenvalue weighted by Crippen LogP contribution is -2.25. The number of hydrogen-bond donors (Lipinski definition) is 0. The Labute approximate surface area is 377 Å². The van der Waals surface area contributed by atoms with Gasteiger partial charge in [0.15, 0.2) is 17.5 Å². The van der Waals surface area contributed by atoms with Gasteiger partial charge in [0.2, 0.25) is 0 Å². The second-order valence-corrected chi connectivity index (χ2v) is 16.9. The van der Waals surface area contributed by atoms with Crippen molar-refractivity contribution in [1.29, 1.82) is 0 Å². The summed E-state index contributed by atoms with van der Waals surface area (Å²) in [5.41, 5.74) is 20.8. The van der Waals surface area contributed by atoms with Gasteiger partial charge >= 0.3 is 0 Å². The summed E-state index contributed by atoms with van der Waals surface area (Å²) < 4.78 is 0. The van der Waals surface area contributed by atoms with Crippen LogP contribution in [-0.4, -0.2) is 19.9 Å². The van der Waals surface area contributed by atoms with Crippen LogP contribution in [0.25, 0.3) is 101 Å². The van der Waals surface area contributed by atoms with Gasteiger partial charge in [-0.05, 0) is 90.5 Å². The standard InChI is InChI=1S/C61H38N4/c1-2-13-43(14-3-1)58-63-59(44-32-30-41(31-33-44)48-22-11-15-42-18-12-36-62-57(42)48)65-60(64-58)47-17-10-16-45(37-47)39-26-28-40(29-27-39)46-34-35-52-51-21-6-9-25-55(51)61(56(52)38-46)53-23-7-4-19-49(53)50-20-5-8-24-54(50)61/h1-38H. The fraction of sp³-hybridized carbons (Fsp3) is 0.0164. The number of nitrogens with zero attached hydrogens (tertiary/aromatic N) is 4. The molecule has 4 heteroatoms. The maximum Gasteiger partial charge on any atom is 0.164 e. The Morgan fingerprint density at radius 2 is 0.692 bits per heavy atom. The zero-order valence-electron chi connectivity index (χ0n) is 35.2. The molecular weight excluding hydrogens is 789 g/mol. The molecule has 0 saturated heterocycles. The SMILES string of the molecule is c1ccc(-c2nc(-c3ccc(-c4cccc5cccnc45)cc3)nc(-c3cccc(-c4ccc(-c5ccc6c(c5)C5(c7ccccc7-c7ccccc75)c5ccccc5-6)cc4)c3)n2)cc1. The maximum atomic E-state index is 5.11. The highest BCUT2D eigenvalue weighted by atomic mass is 15.0. The number of hydrogen-bond acceptors (Lipinski definition) is 4. The molecule has 2 aliphatic rings. The van der Waals surface area contributed by atoms with Crippen LogP contribution < -0.4 is 0 Å². The molecule has 1 spiro atoms. The Balaban J connectivity index is 0.856. The summed E-state index contributed by atoms with van der Waals surface area (Å²) in [5.74, 6) is 1.87. The largest absolute Gasteiger partial charge is 0.256 e. The van der Waals surface area contributed by atoms with E-state index in [4.69, 9.17) is 15.0 Å². The average Bonchev–Trinajstić information content (AvgIpc) is 3.86. The van der Waals surface area contributed by atoms with Gasteiger partial charge in [-0.2, -0.15) is 0 Å². The molecule has 0 bridgehead atoms. The summed E-state index contributed by atoms with van der Waals surface area (Å²) in [6, 6.07) is 80.4. The second kappa shape index (κ2) is 14.8. The van der Waals surface area contributed by atoms with Crippen LogP contribution in [0.3, 0.4) is 0 Å². The number of pyridine rings is 1. The smallest absolute Gasteiger partial charge is 0.164 e. The number of benzene rings is 9.